The molecule has 0 heterocycles. The van der Waals surface area contributed by atoms with Gasteiger partial charge in [0.05, 0.1) is 0 Å². The third kappa shape index (κ3) is 16.3. The van der Waals surface area contributed by atoms with Crippen molar-refractivity contribution in [1.29, 1.82) is 0 Å². The maximum Gasteiger partial charge on any atom is 0.313 e. The predicted octanol–water partition coefficient (Wildman–Crippen LogP) is 3.00. The predicted molar refractivity (Wildman–Crippen MR) is 35.5 cm³/mol. The molecule has 0 aromatic rings. The summed E-state index contributed by atoms with van der Waals surface area (Å²) >= 11 is 8.80. The van der Waals surface area contributed by atoms with Gasteiger partial charge in [0.15, 0.2) is 0 Å². The standard InChI is InChI=1S/C4H8.CCl2O/c1-4-2-3-4;2-1(3)4/h4H,2-3H2,1H3;. The van der Waals surface area contributed by atoms with Crippen molar-refractivity contribution in [3.05, 3.63) is 0 Å². The number of halogens is 2. The molecule has 0 N–H and O–H groups in total. The molecule has 3 heteroatoms. The van der Waals surface area contributed by atoms with Crippen LogP contribution in [0.3, 0.4) is 0 Å². The van der Waals surface area contributed by atoms with Crippen LogP contribution in [0.2, 0.25) is 0 Å². The highest BCUT2D eigenvalue weighted by Gasteiger charge is 2.12. The van der Waals surface area contributed by atoms with Crippen molar-refractivity contribution in [1.82, 2.24) is 0 Å². The van der Waals surface area contributed by atoms with E-state index in [0.717, 1.165) is 5.92 Å². The van der Waals surface area contributed by atoms with Gasteiger partial charge in [0, 0.05) is 0 Å². The minimum Gasteiger partial charge on any atom is -0.262 e. The Hall–Kier alpha value is 0.250. The monoisotopic (exact) mass is 154 g/mol. The van der Waals surface area contributed by atoms with E-state index in [9.17, 15) is 0 Å². The third-order valence-corrected chi connectivity index (χ3v) is 0.866. The second kappa shape index (κ2) is 4.16. The summed E-state index contributed by atoms with van der Waals surface area (Å²) in [6.45, 7) is 2.28. The number of carbonyl (C=O) groups is 1. The van der Waals surface area contributed by atoms with E-state index in [1.165, 1.54) is 12.8 Å². The van der Waals surface area contributed by atoms with Gasteiger partial charge in [0.25, 0.3) is 0 Å². The Morgan fingerprint density at radius 2 is 1.62 bits per heavy atom. The van der Waals surface area contributed by atoms with E-state index in [4.69, 9.17) is 4.79 Å². The summed E-state index contributed by atoms with van der Waals surface area (Å²) in [6.07, 6.45) is 2.97. The molecule has 0 aromatic heterocycles. The molecular formula is C5H8Cl2O. The second-order valence-electron chi connectivity index (χ2n) is 1.91. The van der Waals surface area contributed by atoms with Gasteiger partial charge in [-0.15, -0.1) is 0 Å². The first-order chi connectivity index (χ1) is 3.63. The van der Waals surface area contributed by atoms with Crippen molar-refractivity contribution >= 4 is 27.9 Å². The third-order valence-electron chi connectivity index (χ3n) is 0.866. The number of hydrogen-bond donors (Lipinski definition) is 0. The average Bonchev–Trinajstić information content (AvgIpc) is 2.19. The molecule has 1 fully saturated rings. The van der Waals surface area contributed by atoms with Crippen LogP contribution in [0.25, 0.3) is 0 Å². The molecule has 0 bridgehead atoms. The molecule has 1 nitrogen and oxygen atoms in total. The Morgan fingerprint density at radius 1 is 1.50 bits per heavy atom. The van der Waals surface area contributed by atoms with Gasteiger partial charge in [-0.2, -0.15) is 0 Å². The van der Waals surface area contributed by atoms with Gasteiger partial charge in [-0.1, -0.05) is 19.8 Å². The van der Waals surface area contributed by atoms with E-state index in [2.05, 4.69) is 30.1 Å². The van der Waals surface area contributed by atoms with E-state index in [-0.39, 0.29) is 0 Å². The average molecular weight is 155 g/mol. The Balaban J connectivity index is 0.000000122. The fourth-order valence-electron chi connectivity index (χ4n) is 0.167. The summed E-state index contributed by atoms with van der Waals surface area (Å²) in [6, 6.07) is 0. The van der Waals surface area contributed by atoms with E-state index in [0.29, 0.717) is 0 Å². The maximum atomic E-state index is 8.98. The summed E-state index contributed by atoms with van der Waals surface area (Å²) in [5, 5.41) is 0. The normalized spacial score (nSPS) is 16.4. The number of rotatable bonds is 0. The SMILES string of the molecule is CC1CC1.O=C(Cl)Cl. The van der Waals surface area contributed by atoms with Crippen molar-refractivity contribution in [2.24, 2.45) is 5.92 Å². The quantitative estimate of drug-likeness (QED) is 0.491. The molecule has 0 aromatic carbocycles. The summed E-state index contributed by atoms with van der Waals surface area (Å²) in [4.78, 5) is 8.98. The largest absolute Gasteiger partial charge is 0.313 e. The van der Waals surface area contributed by atoms with Gasteiger partial charge in [0.1, 0.15) is 0 Å². The molecule has 0 unspecified atom stereocenters. The van der Waals surface area contributed by atoms with Gasteiger partial charge in [-0.3, -0.25) is 4.79 Å². The molecule has 1 rings (SSSR count). The Morgan fingerprint density at radius 3 is 1.62 bits per heavy atom. The van der Waals surface area contributed by atoms with Crippen molar-refractivity contribution in [2.45, 2.75) is 19.8 Å². The van der Waals surface area contributed by atoms with Gasteiger partial charge in [-0.05, 0) is 29.1 Å². The van der Waals surface area contributed by atoms with E-state index in [1.807, 2.05) is 0 Å². The van der Waals surface area contributed by atoms with Crippen LogP contribution in [-0.2, 0) is 0 Å². The zero-order valence-electron chi connectivity index (χ0n) is 4.66. The molecule has 0 atom stereocenters. The van der Waals surface area contributed by atoms with Gasteiger partial charge in [-0.25, -0.2) is 0 Å². The molecule has 1 aliphatic rings. The first-order valence-corrected chi connectivity index (χ1v) is 3.23. The van der Waals surface area contributed by atoms with Crippen LogP contribution in [0, 0.1) is 5.92 Å². The highest BCUT2D eigenvalue weighted by molar-refractivity contribution is 6.93. The zero-order chi connectivity index (χ0) is 6.57. The van der Waals surface area contributed by atoms with Crippen LogP contribution in [0.5, 0.6) is 0 Å². The fraction of sp³-hybridized carbons (Fsp3) is 0.800. The minimum absolute atomic E-state index is 0.889. The van der Waals surface area contributed by atoms with Crippen LogP contribution < -0.4 is 0 Å². The Kier molecular flexibility index (Phi) is 4.29. The molecule has 0 spiro atoms. The minimum atomic E-state index is -0.889. The highest BCUT2D eigenvalue weighted by atomic mass is 35.5. The topological polar surface area (TPSA) is 17.1 Å². The van der Waals surface area contributed by atoms with Gasteiger partial charge >= 0.3 is 4.70 Å². The van der Waals surface area contributed by atoms with E-state index < -0.39 is 4.70 Å². The number of carbonyl (C=O) groups excluding carboxylic acids is 1. The molecule has 1 saturated carbocycles. The summed E-state index contributed by atoms with van der Waals surface area (Å²) in [5.74, 6) is 1.08. The van der Waals surface area contributed by atoms with Crippen LogP contribution in [0.15, 0.2) is 0 Å². The van der Waals surface area contributed by atoms with Gasteiger partial charge < -0.3 is 0 Å². The lowest BCUT2D eigenvalue weighted by Gasteiger charge is -1.53. The first kappa shape index (κ1) is 8.25. The molecule has 0 amide bonds. The van der Waals surface area contributed by atoms with Crippen molar-refractivity contribution < 1.29 is 4.79 Å². The summed E-state index contributed by atoms with van der Waals surface area (Å²) < 4.78 is -0.889. The van der Waals surface area contributed by atoms with E-state index in [1.54, 1.807) is 0 Å². The molecule has 1 aliphatic carbocycles. The van der Waals surface area contributed by atoms with Crippen molar-refractivity contribution in [2.75, 3.05) is 0 Å². The van der Waals surface area contributed by atoms with Crippen LogP contribution >= 0.6 is 23.2 Å². The van der Waals surface area contributed by atoms with E-state index >= 15 is 0 Å². The van der Waals surface area contributed by atoms with Crippen LogP contribution in [0.1, 0.15) is 19.8 Å². The summed E-state index contributed by atoms with van der Waals surface area (Å²) in [7, 11) is 0. The van der Waals surface area contributed by atoms with Crippen molar-refractivity contribution in [3.63, 3.8) is 0 Å². The molecule has 0 aliphatic heterocycles. The smallest absolute Gasteiger partial charge is 0.262 e. The molecular weight excluding hydrogens is 147 g/mol. The Labute approximate surface area is 59.0 Å². The molecule has 8 heavy (non-hydrogen) atoms. The molecule has 48 valence electrons. The molecule has 0 saturated heterocycles. The fourth-order valence-corrected chi connectivity index (χ4v) is 0.167. The zero-order valence-corrected chi connectivity index (χ0v) is 6.17. The van der Waals surface area contributed by atoms with Gasteiger partial charge in [0.2, 0.25) is 0 Å². The first-order valence-electron chi connectivity index (χ1n) is 2.48. The van der Waals surface area contributed by atoms with Crippen LogP contribution in [0.4, 0.5) is 4.79 Å². The van der Waals surface area contributed by atoms with Crippen LogP contribution in [-0.4, -0.2) is 4.70 Å². The maximum absolute atomic E-state index is 8.98. The molecule has 0 radical (unpaired) electrons. The number of hydrogen-bond acceptors (Lipinski definition) is 1. The Bertz CT molecular complexity index is 74.5. The summed E-state index contributed by atoms with van der Waals surface area (Å²) in [5.41, 5.74) is 0. The lowest BCUT2D eigenvalue weighted by Crippen LogP contribution is -1.46. The lowest BCUT2D eigenvalue weighted by atomic mass is 10.5. The second-order valence-corrected chi connectivity index (χ2v) is 2.79. The highest BCUT2D eigenvalue weighted by Crippen LogP contribution is 2.26. The lowest BCUT2D eigenvalue weighted by molar-refractivity contribution is 0.275. The van der Waals surface area contributed by atoms with Crippen molar-refractivity contribution in [3.8, 4) is 0 Å².